The molecule has 0 aliphatic carbocycles. The van der Waals surface area contributed by atoms with Gasteiger partial charge in [-0.15, -0.1) is 0 Å². The highest BCUT2D eigenvalue weighted by Gasteiger charge is 2.31. The Morgan fingerprint density at radius 1 is 1.37 bits per heavy atom. The van der Waals surface area contributed by atoms with Crippen molar-refractivity contribution < 1.29 is 14.7 Å². The van der Waals surface area contributed by atoms with Gasteiger partial charge in [0.1, 0.15) is 0 Å². The molecule has 1 fully saturated rings. The predicted octanol–water partition coefficient (Wildman–Crippen LogP) is 0.313. The number of carbonyl (C=O) groups is 2. The van der Waals surface area contributed by atoms with Gasteiger partial charge in [-0.05, 0) is 39.7 Å². The first kappa shape index (κ1) is 15.9. The molecule has 2 unspecified atom stereocenters. The van der Waals surface area contributed by atoms with E-state index in [1.54, 1.807) is 0 Å². The van der Waals surface area contributed by atoms with Crippen LogP contribution in [0.1, 0.15) is 34.1 Å². The summed E-state index contributed by atoms with van der Waals surface area (Å²) in [6.45, 7) is 8.57. The van der Waals surface area contributed by atoms with Gasteiger partial charge in [0, 0.05) is 11.6 Å². The van der Waals surface area contributed by atoms with Gasteiger partial charge in [0.2, 0.25) is 5.91 Å². The van der Waals surface area contributed by atoms with Gasteiger partial charge < -0.3 is 10.4 Å². The number of hydrogen-bond donors (Lipinski definition) is 3. The van der Waals surface area contributed by atoms with E-state index in [-0.39, 0.29) is 30.6 Å². The Labute approximate surface area is 114 Å². The molecule has 0 aromatic carbocycles. The van der Waals surface area contributed by atoms with Crippen molar-refractivity contribution in [3.63, 3.8) is 0 Å². The van der Waals surface area contributed by atoms with Crippen molar-refractivity contribution >= 4 is 11.9 Å². The van der Waals surface area contributed by atoms with Crippen LogP contribution in [0.2, 0.25) is 0 Å². The van der Waals surface area contributed by atoms with E-state index < -0.39 is 6.03 Å². The number of imide groups is 1. The number of nitrogens with zero attached hydrogens (tertiary/aromatic N) is 1. The summed E-state index contributed by atoms with van der Waals surface area (Å²) in [6, 6.07) is -0.471. The van der Waals surface area contributed by atoms with Gasteiger partial charge in [-0.3, -0.25) is 15.0 Å². The molecule has 1 heterocycles. The summed E-state index contributed by atoms with van der Waals surface area (Å²) in [4.78, 5) is 25.2. The van der Waals surface area contributed by atoms with Gasteiger partial charge in [0.25, 0.3) is 0 Å². The molecule has 0 aromatic heterocycles. The van der Waals surface area contributed by atoms with Crippen LogP contribution in [0.5, 0.6) is 0 Å². The van der Waals surface area contributed by atoms with Crippen LogP contribution in [0, 0.1) is 5.92 Å². The first-order valence-electron chi connectivity index (χ1n) is 6.70. The van der Waals surface area contributed by atoms with Crippen LogP contribution in [-0.2, 0) is 4.79 Å². The van der Waals surface area contributed by atoms with E-state index in [0.717, 1.165) is 13.0 Å². The topological polar surface area (TPSA) is 81.7 Å². The molecule has 0 aromatic rings. The molecule has 110 valence electrons. The smallest absolute Gasteiger partial charge is 0.321 e. The Bertz CT molecular complexity index is 339. The standard InChI is InChI=1S/C13H25N3O3/c1-9-5-6-16(10(9)8-17)7-11(18)14-12(19)15-13(2,3)4/h9-10,17H,5-8H2,1-4H3,(H2,14,15,18,19). The molecule has 3 amide bonds. The molecule has 6 nitrogen and oxygen atoms in total. The summed E-state index contributed by atoms with van der Waals surface area (Å²) in [6.07, 6.45) is 0.965. The van der Waals surface area contributed by atoms with Crippen molar-refractivity contribution in [2.24, 2.45) is 5.92 Å². The van der Waals surface area contributed by atoms with E-state index in [0.29, 0.717) is 5.92 Å². The third kappa shape index (κ3) is 5.16. The summed E-state index contributed by atoms with van der Waals surface area (Å²) in [5.74, 6) is 0.0375. The van der Waals surface area contributed by atoms with Crippen molar-refractivity contribution in [2.75, 3.05) is 19.7 Å². The Kier molecular flexibility index (Phi) is 5.31. The number of aliphatic hydroxyl groups excluding tert-OH is 1. The van der Waals surface area contributed by atoms with Crippen LogP contribution in [0.15, 0.2) is 0 Å². The quantitative estimate of drug-likeness (QED) is 0.690. The van der Waals surface area contributed by atoms with E-state index in [1.165, 1.54) is 0 Å². The lowest BCUT2D eigenvalue weighted by atomic mass is 10.0. The molecule has 0 radical (unpaired) electrons. The summed E-state index contributed by atoms with van der Waals surface area (Å²) in [5, 5.41) is 14.3. The fourth-order valence-electron chi connectivity index (χ4n) is 2.30. The minimum absolute atomic E-state index is 0.0106. The number of urea groups is 1. The molecular weight excluding hydrogens is 246 g/mol. The van der Waals surface area contributed by atoms with E-state index >= 15 is 0 Å². The van der Waals surface area contributed by atoms with Crippen LogP contribution in [-0.4, -0.2) is 53.2 Å². The zero-order valence-corrected chi connectivity index (χ0v) is 12.2. The molecule has 19 heavy (non-hydrogen) atoms. The summed E-state index contributed by atoms with van der Waals surface area (Å²) < 4.78 is 0. The SMILES string of the molecule is CC1CCN(CC(=O)NC(=O)NC(C)(C)C)C1CO. The summed E-state index contributed by atoms with van der Waals surface area (Å²) in [5.41, 5.74) is -0.375. The molecule has 0 bridgehead atoms. The highest BCUT2D eigenvalue weighted by molar-refractivity contribution is 5.95. The zero-order valence-electron chi connectivity index (χ0n) is 12.2. The molecule has 6 heteroatoms. The Morgan fingerprint density at radius 2 is 2.00 bits per heavy atom. The minimum atomic E-state index is -0.481. The maximum Gasteiger partial charge on any atom is 0.321 e. The van der Waals surface area contributed by atoms with Crippen molar-refractivity contribution in [1.82, 2.24) is 15.5 Å². The van der Waals surface area contributed by atoms with Gasteiger partial charge in [0.05, 0.1) is 13.2 Å². The van der Waals surface area contributed by atoms with Crippen LogP contribution >= 0.6 is 0 Å². The van der Waals surface area contributed by atoms with E-state index in [1.807, 2.05) is 25.7 Å². The lowest BCUT2D eigenvalue weighted by Gasteiger charge is -2.25. The van der Waals surface area contributed by atoms with Gasteiger partial charge in [-0.1, -0.05) is 6.92 Å². The molecule has 2 atom stereocenters. The maximum atomic E-state index is 11.8. The van der Waals surface area contributed by atoms with Crippen molar-refractivity contribution in [3.05, 3.63) is 0 Å². The van der Waals surface area contributed by atoms with Crippen LogP contribution in [0.25, 0.3) is 0 Å². The fraction of sp³-hybridized carbons (Fsp3) is 0.846. The number of nitrogens with one attached hydrogen (secondary N) is 2. The number of aliphatic hydroxyl groups is 1. The highest BCUT2D eigenvalue weighted by atomic mass is 16.3. The van der Waals surface area contributed by atoms with E-state index in [4.69, 9.17) is 0 Å². The zero-order chi connectivity index (χ0) is 14.6. The monoisotopic (exact) mass is 271 g/mol. The second-order valence-corrected chi connectivity index (χ2v) is 6.24. The first-order valence-corrected chi connectivity index (χ1v) is 6.70. The molecule has 1 saturated heterocycles. The summed E-state index contributed by atoms with van der Waals surface area (Å²) in [7, 11) is 0. The van der Waals surface area contributed by atoms with E-state index in [9.17, 15) is 14.7 Å². The fourth-order valence-corrected chi connectivity index (χ4v) is 2.30. The minimum Gasteiger partial charge on any atom is -0.395 e. The number of rotatable bonds is 3. The Balaban J connectivity index is 2.41. The number of likely N-dealkylation sites (tertiary alicyclic amines) is 1. The maximum absolute atomic E-state index is 11.8. The van der Waals surface area contributed by atoms with Crippen LogP contribution in [0.3, 0.4) is 0 Å². The number of hydrogen-bond acceptors (Lipinski definition) is 4. The van der Waals surface area contributed by atoms with Crippen LogP contribution < -0.4 is 10.6 Å². The van der Waals surface area contributed by atoms with Crippen molar-refractivity contribution in [2.45, 2.75) is 45.7 Å². The molecule has 0 saturated carbocycles. The molecule has 1 rings (SSSR count). The van der Waals surface area contributed by atoms with E-state index in [2.05, 4.69) is 17.6 Å². The molecule has 3 N–H and O–H groups in total. The average molecular weight is 271 g/mol. The Morgan fingerprint density at radius 3 is 2.53 bits per heavy atom. The lowest BCUT2D eigenvalue weighted by molar-refractivity contribution is -0.121. The second-order valence-electron chi connectivity index (χ2n) is 6.24. The third-order valence-corrected chi connectivity index (χ3v) is 3.27. The summed E-state index contributed by atoms with van der Waals surface area (Å²) >= 11 is 0. The Hall–Kier alpha value is -1.14. The first-order chi connectivity index (χ1) is 8.73. The number of carbonyl (C=O) groups excluding carboxylic acids is 2. The third-order valence-electron chi connectivity index (χ3n) is 3.27. The largest absolute Gasteiger partial charge is 0.395 e. The van der Waals surface area contributed by atoms with Crippen molar-refractivity contribution in [1.29, 1.82) is 0 Å². The molecule has 0 spiro atoms. The molecule has 1 aliphatic rings. The highest BCUT2D eigenvalue weighted by Crippen LogP contribution is 2.22. The normalized spacial score (nSPS) is 24.3. The van der Waals surface area contributed by atoms with Crippen LogP contribution in [0.4, 0.5) is 4.79 Å². The molecular formula is C13H25N3O3. The lowest BCUT2D eigenvalue weighted by Crippen LogP contribution is -2.51. The number of amides is 3. The predicted molar refractivity (Wildman–Crippen MR) is 72.7 cm³/mol. The average Bonchev–Trinajstić information content (AvgIpc) is 2.55. The molecule has 1 aliphatic heterocycles. The van der Waals surface area contributed by atoms with Gasteiger partial charge in [0.15, 0.2) is 0 Å². The van der Waals surface area contributed by atoms with Gasteiger partial charge in [-0.25, -0.2) is 4.79 Å². The second kappa shape index (κ2) is 6.34. The van der Waals surface area contributed by atoms with Crippen molar-refractivity contribution in [3.8, 4) is 0 Å². The van der Waals surface area contributed by atoms with Gasteiger partial charge >= 0.3 is 6.03 Å². The van der Waals surface area contributed by atoms with Gasteiger partial charge in [-0.2, -0.15) is 0 Å².